The van der Waals surface area contributed by atoms with Crippen LogP contribution >= 0.6 is 0 Å². The molecule has 0 saturated carbocycles. The molecular weight excluding hydrogens is 340 g/mol. The minimum Gasteiger partial charge on any atom is -0.398 e. The van der Waals surface area contributed by atoms with Gasteiger partial charge in [-0.1, -0.05) is 42.5 Å². The highest BCUT2D eigenvalue weighted by atomic mass is 16.2. The summed E-state index contributed by atoms with van der Waals surface area (Å²) < 4.78 is 0. The third-order valence-electron chi connectivity index (χ3n) is 4.77. The molecule has 1 aliphatic carbocycles. The van der Waals surface area contributed by atoms with Crippen LogP contribution in [-0.2, 0) is 0 Å². The van der Waals surface area contributed by atoms with E-state index < -0.39 is 0 Å². The lowest BCUT2D eigenvalue weighted by Crippen LogP contribution is -2.31. The lowest BCUT2D eigenvalue weighted by molar-refractivity contribution is 0.0975. The summed E-state index contributed by atoms with van der Waals surface area (Å²) in [5.41, 5.74) is 8.08. The second-order valence-electron chi connectivity index (χ2n) is 6.36. The normalized spacial score (nSPS) is 12.3. The van der Waals surface area contributed by atoms with Crippen LogP contribution in [0.2, 0.25) is 0 Å². The van der Waals surface area contributed by atoms with Crippen molar-refractivity contribution in [3.8, 4) is 0 Å². The zero-order valence-electron chi connectivity index (χ0n) is 14.6. The van der Waals surface area contributed by atoms with Crippen LogP contribution in [0.3, 0.4) is 0 Å². The van der Waals surface area contributed by atoms with Gasteiger partial charge in [0.15, 0.2) is 11.6 Å². The Balaban J connectivity index is 1.86. The maximum absolute atomic E-state index is 13.1. The molecule has 0 bridgehead atoms. The molecule has 132 valence electrons. The molecule has 1 amide bonds. The molecule has 0 aromatic heterocycles. The van der Waals surface area contributed by atoms with Crippen LogP contribution < -0.4 is 10.6 Å². The molecule has 0 spiro atoms. The first-order valence-corrected chi connectivity index (χ1v) is 8.44. The molecule has 2 N–H and O–H groups in total. The molecule has 0 unspecified atom stereocenters. The molecule has 0 heterocycles. The summed E-state index contributed by atoms with van der Waals surface area (Å²) in [4.78, 5) is 40.3. The predicted molar refractivity (Wildman–Crippen MR) is 103 cm³/mol. The Kier molecular flexibility index (Phi) is 3.85. The first kappa shape index (κ1) is 16.7. The molecular formula is C22H16N2O3. The molecule has 0 atom stereocenters. The number of hydrogen-bond donors (Lipinski definition) is 1. The summed E-state index contributed by atoms with van der Waals surface area (Å²) in [5.74, 6) is -0.877. The van der Waals surface area contributed by atoms with Crippen molar-refractivity contribution >= 4 is 28.8 Å². The van der Waals surface area contributed by atoms with Crippen molar-refractivity contribution in [2.45, 2.75) is 0 Å². The van der Waals surface area contributed by atoms with Crippen LogP contribution in [-0.4, -0.2) is 24.5 Å². The number of rotatable bonds is 2. The number of benzene rings is 3. The van der Waals surface area contributed by atoms with E-state index in [1.54, 1.807) is 67.7 Å². The van der Waals surface area contributed by atoms with Crippen LogP contribution in [0.15, 0.2) is 66.7 Å². The topological polar surface area (TPSA) is 80.5 Å². The standard InChI is InChI=1S/C22H16N2O3/c1-24(22(27)13-7-3-2-4-8-13)17-12-6-10-15-19(17)21(26)14-9-5-11-16(23)18(14)20(15)25/h2-12H,23H2,1H3. The Labute approximate surface area is 156 Å². The van der Waals surface area contributed by atoms with Crippen molar-refractivity contribution in [1.82, 2.24) is 0 Å². The summed E-state index contributed by atoms with van der Waals surface area (Å²) in [6.45, 7) is 0. The van der Waals surface area contributed by atoms with E-state index in [4.69, 9.17) is 5.73 Å². The summed E-state index contributed by atoms with van der Waals surface area (Å²) >= 11 is 0. The van der Waals surface area contributed by atoms with Gasteiger partial charge in [0.1, 0.15) is 0 Å². The minimum atomic E-state index is -0.310. The fraction of sp³-hybridized carbons (Fsp3) is 0.0455. The quantitative estimate of drug-likeness (QED) is 0.559. The fourth-order valence-corrected chi connectivity index (χ4v) is 3.41. The molecule has 27 heavy (non-hydrogen) atoms. The van der Waals surface area contributed by atoms with Crippen molar-refractivity contribution in [2.24, 2.45) is 0 Å². The first-order valence-electron chi connectivity index (χ1n) is 8.44. The van der Waals surface area contributed by atoms with Crippen molar-refractivity contribution in [1.29, 1.82) is 0 Å². The Bertz CT molecular complexity index is 1100. The van der Waals surface area contributed by atoms with Crippen LogP contribution in [0.4, 0.5) is 11.4 Å². The average molecular weight is 356 g/mol. The number of nitrogens with two attached hydrogens (primary N) is 1. The van der Waals surface area contributed by atoms with Crippen molar-refractivity contribution in [3.63, 3.8) is 0 Å². The van der Waals surface area contributed by atoms with Gasteiger partial charge in [0, 0.05) is 29.4 Å². The molecule has 3 aromatic carbocycles. The summed E-state index contributed by atoms with van der Waals surface area (Å²) in [7, 11) is 1.59. The zero-order chi connectivity index (χ0) is 19.1. The van der Waals surface area contributed by atoms with Crippen molar-refractivity contribution in [2.75, 3.05) is 17.7 Å². The van der Waals surface area contributed by atoms with Gasteiger partial charge in [0.25, 0.3) is 5.91 Å². The van der Waals surface area contributed by atoms with Gasteiger partial charge in [-0.15, -0.1) is 0 Å². The largest absolute Gasteiger partial charge is 0.398 e. The number of fused-ring (bicyclic) bond motifs is 2. The zero-order valence-corrected chi connectivity index (χ0v) is 14.6. The maximum atomic E-state index is 13.1. The number of amides is 1. The summed E-state index contributed by atoms with van der Waals surface area (Å²) in [6, 6.07) is 18.5. The Hall–Kier alpha value is -3.73. The second kappa shape index (κ2) is 6.21. The van der Waals surface area contributed by atoms with E-state index in [0.29, 0.717) is 11.3 Å². The maximum Gasteiger partial charge on any atom is 0.258 e. The highest BCUT2D eigenvalue weighted by Crippen LogP contribution is 2.35. The first-order chi connectivity index (χ1) is 13.0. The third kappa shape index (κ3) is 2.52. The third-order valence-corrected chi connectivity index (χ3v) is 4.77. The number of ketones is 2. The number of nitrogen functional groups attached to an aromatic ring is 1. The van der Waals surface area contributed by atoms with Crippen LogP contribution in [0.5, 0.6) is 0 Å². The van der Waals surface area contributed by atoms with Crippen LogP contribution in [0.25, 0.3) is 0 Å². The molecule has 4 rings (SSSR count). The van der Waals surface area contributed by atoms with Gasteiger partial charge in [0.2, 0.25) is 0 Å². The van der Waals surface area contributed by atoms with Gasteiger partial charge >= 0.3 is 0 Å². The molecule has 5 heteroatoms. The van der Waals surface area contributed by atoms with Crippen LogP contribution in [0, 0.1) is 0 Å². The van der Waals surface area contributed by atoms with Crippen LogP contribution in [0.1, 0.15) is 42.2 Å². The van der Waals surface area contributed by atoms with E-state index in [9.17, 15) is 14.4 Å². The molecule has 0 fully saturated rings. The van der Waals surface area contributed by atoms with Gasteiger partial charge in [-0.25, -0.2) is 0 Å². The Morgan fingerprint density at radius 1 is 0.778 bits per heavy atom. The highest BCUT2D eigenvalue weighted by Gasteiger charge is 2.34. The van der Waals surface area contributed by atoms with Crippen molar-refractivity contribution < 1.29 is 14.4 Å². The molecule has 1 aliphatic rings. The van der Waals surface area contributed by atoms with E-state index in [1.165, 1.54) is 4.90 Å². The molecule has 5 nitrogen and oxygen atoms in total. The number of anilines is 2. The Morgan fingerprint density at radius 3 is 2.07 bits per heavy atom. The predicted octanol–water partition coefficient (Wildman–Crippen LogP) is 3.32. The molecule has 0 radical (unpaired) electrons. The highest BCUT2D eigenvalue weighted by molar-refractivity contribution is 6.32. The minimum absolute atomic E-state index is 0.226. The van der Waals surface area contributed by atoms with E-state index in [0.717, 1.165) is 0 Å². The molecule has 0 saturated heterocycles. The lowest BCUT2D eigenvalue weighted by Gasteiger charge is -2.25. The molecule has 0 aliphatic heterocycles. The van der Waals surface area contributed by atoms with E-state index in [1.807, 2.05) is 6.07 Å². The smallest absolute Gasteiger partial charge is 0.258 e. The lowest BCUT2D eigenvalue weighted by atomic mass is 9.82. The van der Waals surface area contributed by atoms with Gasteiger partial charge in [0.05, 0.1) is 16.8 Å². The monoisotopic (exact) mass is 356 g/mol. The number of nitrogens with zero attached hydrogens (tertiary/aromatic N) is 1. The fourth-order valence-electron chi connectivity index (χ4n) is 3.41. The van der Waals surface area contributed by atoms with Gasteiger partial charge < -0.3 is 10.6 Å². The molecule has 3 aromatic rings. The van der Waals surface area contributed by atoms with Gasteiger partial charge in [-0.3, -0.25) is 14.4 Å². The van der Waals surface area contributed by atoms with E-state index in [-0.39, 0.29) is 45.4 Å². The number of carbonyl (C=O) groups is 3. The van der Waals surface area contributed by atoms with Crippen molar-refractivity contribution in [3.05, 3.63) is 94.5 Å². The summed E-state index contributed by atoms with van der Waals surface area (Å²) in [6.07, 6.45) is 0. The second-order valence-corrected chi connectivity index (χ2v) is 6.36. The van der Waals surface area contributed by atoms with E-state index in [2.05, 4.69) is 0 Å². The van der Waals surface area contributed by atoms with E-state index >= 15 is 0 Å². The van der Waals surface area contributed by atoms with Gasteiger partial charge in [-0.05, 0) is 24.3 Å². The summed E-state index contributed by atoms with van der Waals surface area (Å²) in [5, 5.41) is 0. The Morgan fingerprint density at radius 2 is 1.37 bits per heavy atom. The average Bonchev–Trinajstić information content (AvgIpc) is 2.71. The SMILES string of the molecule is CN(C(=O)c1ccccc1)c1cccc2c1C(=O)c1cccc(N)c1C2=O. The van der Waals surface area contributed by atoms with Gasteiger partial charge in [-0.2, -0.15) is 0 Å². The number of hydrogen-bond acceptors (Lipinski definition) is 4. The number of carbonyl (C=O) groups excluding carboxylic acids is 3.